The molecule has 3 heterocycles. The molecule has 1 saturated heterocycles. The van der Waals surface area contributed by atoms with Crippen molar-refractivity contribution in [3.05, 3.63) is 36.4 Å². The first-order chi connectivity index (χ1) is 9.34. The van der Waals surface area contributed by atoms with Crippen LogP contribution < -0.4 is 5.32 Å². The second kappa shape index (κ2) is 5.19. The summed E-state index contributed by atoms with van der Waals surface area (Å²) in [5.41, 5.74) is 2.18. The van der Waals surface area contributed by atoms with Gasteiger partial charge < -0.3 is 10.1 Å². The molecule has 1 amide bonds. The molecule has 0 saturated carbocycles. The van der Waals surface area contributed by atoms with Crippen LogP contribution in [0.25, 0.3) is 11.1 Å². The van der Waals surface area contributed by atoms with Gasteiger partial charge in [-0.3, -0.25) is 14.9 Å². The summed E-state index contributed by atoms with van der Waals surface area (Å²) in [6.45, 7) is 2.08. The molecule has 1 aliphatic rings. The highest BCUT2D eigenvalue weighted by Crippen LogP contribution is 2.20. The van der Waals surface area contributed by atoms with Gasteiger partial charge in [0.05, 0.1) is 19.4 Å². The van der Waals surface area contributed by atoms with E-state index in [2.05, 4.69) is 20.5 Å². The summed E-state index contributed by atoms with van der Waals surface area (Å²) >= 11 is 0. The van der Waals surface area contributed by atoms with Crippen molar-refractivity contribution in [3.8, 4) is 11.1 Å². The molecule has 0 aromatic carbocycles. The molecule has 0 radical (unpaired) electrons. The molecule has 98 valence electrons. The number of carbonyl (C=O) groups is 1. The largest absolute Gasteiger partial charge is 0.381 e. The predicted octanol–water partition coefficient (Wildman–Crippen LogP) is 0.848. The standard InChI is InChI=1S/C13H14N4O2/c18-13(15-5-9-7-19-8-9)12-11(6-16-17-12)10-1-3-14-4-2-10/h1-4,6,9H,5,7-8H2,(H,15,18)(H,16,17). The average Bonchev–Trinajstić information content (AvgIpc) is 2.87. The molecule has 1 aliphatic heterocycles. The van der Waals surface area contributed by atoms with Gasteiger partial charge in [0.1, 0.15) is 5.69 Å². The van der Waals surface area contributed by atoms with E-state index in [0.717, 1.165) is 24.3 Å². The smallest absolute Gasteiger partial charge is 0.269 e. The number of H-pyrrole nitrogens is 1. The number of nitrogens with zero attached hydrogens (tertiary/aromatic N) is 2. The highest BCUT2D eigenvalue weighted by atomic mass is 16.5. The third-order valence-corrected chi connectivity index (χ3v) is 3.12. The summed E-state index contributed by atoms with van der Waals surface area (Å²) in [6, 6.07) is 3.70. The molecule has 1 fully saturated rings. The lowest BCUT2D eigenvalue weighted by molar-refractivity contribution is -0.0299. The van der Waals surface area contributed by atoms with Gasteiger partial charge in [0.15, 0.2) is 0 Å². The Bertz CT molecular complexity index is 563. The average molecular weight is 258 g/mol. The monoisotopic (exact) mass is 258 g/mol. The van der Waals surface area contributed by atoms with E-state index in [0.29, 0.717) is 18.2 Å². The van der Waals surface area contributed by atoms with E-state index >= 15 is 0 Å². The van der Waals surface area contributed by atoms with E-state index in [9.17, 15) is 4.79 Å². The van der Waals surface area contributed by atoms with Gasteiger partial charge >= 0.3 is 0 Å². The normalized spacial score (nSPS) is 14.9. The van der Waals surface area contributed by atoms with Gasteiger partial charge in [-0.1, -0.05) is 0 Å². The van der Waals surface area contributed by atoms with E-state index in [-0.39, 0.29) is 5.91 Å². The number of hydrogen-bond acceptors (Lipinski definition) is 4. The molecular weight excluding hydrogens is 244 g/mol. The fourth-order valence-corrected chi connectivity index (χ4v) is 1.94. The van der Waals surface area contributed by atoms with Gasteiger partial charge in [-0.15, -0.1) is 0 Å². The number of pyridine rings is 1. The number of aromatic amines is 1. The maximum absolute atomic E-state index is 12.1. The van der Waals surface area contributed by atoms with Crippen LogP contribution in [0.1, 0.15) is 10.5 Å². The summed E-state index contributed by atoms with van der Waals surface area (Å²) in [5.74, 6) is 0.285. The van der Waals surface area contributed by atoms with Crippen LogP contribution in [-0.4, -0.2) is 40.8 Å². The zero-order chi connectivity index (χ0) is 13.1. The van der Waals surface area contributed by atoms with Crippen LogP contribution in [0.15, 0.2) is 30.7 Å². The Morgan fingerprint density at radius 3 is 2.89 bits per heavy atom. The fraction of sp³-hybridized carbons (Fsp3) is 0.308. The number of hydrogen-bond donors (Lipinski definition) is 2. The zero-order valence-corrected chi connectivity index (χ0v) is 10.3. The van der Waals surface area contributed by atoms with Gasteiger partial charge in [-0.2, -0.15) is 5.10 Å². The summed E-state index contributed by atoms with van der Waals surface area (Å²) in [5, 5.41) is 9.59. The van der Waals surface area contributed by atoms with Gasteiger partial charge in [0, 0.05) is 30.4 Å². The van der Waals surface area contributed by atoms with E-state index in [1.807, 2.05) is 12.1 Å². The molecular formula is C13H14N4O2. The number of aromatic nitrogens is 3. The topological polar surface area (TPSA) is 79.9 Å². The van der Waals surface area contributed by atoms with Crippen LogP contribution in [0.4, 0.5) is 0 Å². The van der Waals surface area contributed by atoms with E-state index in [4.69, 9.17) is 4.74 Å². The first kappa shape index (κ1) is 11.9. The highest BCUT2D eigenvalue weighted by molar-refractivity contribution is 5.98. The van der Waals surface area contributed by atoms with Crippen molar-refractivity contribution in [2.45, 2.75) is 0 Å². The highest BCUT2D eigenvalue weighted by Gasteiger charge is 2.21. The molecule has 6 heteroatoms. The fourth-order valence-electron chi connectivity index (χ4n) is 1.94. The first-order valence-corrected chi connectivity index (χ1v) is 6.14. The molecule has 0 spiro atoms. The Balaban J connectivity index is 1.74. The van der Waals surface area contributed by atoms with Crippen molar-refractivity contribution in [1.29, 1.82) is 0 Å². The molecule has 0 bridgehead atoms. The second-order valence-electron chi connectivity index (χ2n) is 4.51. The summed E-state index contributed by atoms with van der Waals surface area (Å²) in [4.78, 5) is 16.1. The summed E-state index contributed by atoms with van der Waals surface area (Å²) in [7, 11) is 0. The van der Waals surface area contributed by atoms with E-state index in [1.165, 1.54) is 0 Å². The number of amides is 1. The van der Waals surface area contributed by atoms with Crippen molar-refractivity contribution >= 4 is 5.91 Å². The van der Waals surface area contributed by atoms with E-state index in [1.54, 1.807) is 18.6 Å². The predicted molar refractivity (Wildman–Crippen MR) is 68.5 cm³/mol. The number of rotatable bonds is 4. The third-order valence-electron chi connectivity index (χ3n) is 3.12. The minimum Gasteiger partial charge on any atom is -0.381 e. The Kier molecular flexibility index (Phi) is 3.24. The Morgan fingerprint density at radius 1 is 1.42 bits per heavy atom. The van der Waals surface area contributed by atoms with Crippen LogP contribution >= 0.6 is 0 Å². The molecule has 2 aromatic rings. The minimum atomic E-state index is -0.142. The van der Waals surface area contributed by atoms with Crippen LogP contribution in [0.5, 0.6) is 0 Å². The minimum absolute atomic E-state index is 0.142. The lowest BCUT2D eigenvalue weighted by Gasteiger charge is -2.25. The SMILES string of the molecule is O=C(NCC1COC1)c1[nH]ncc1-c1ccncc1. The molecule has 0 unspecified atom stereocenters. The van der Waals surface area contributed by atoms with Gasteiger partial charge in [0.25, 0.3) is 5.91 Å². The van der Waals surface area contributed by atoms with Crippen molar-refractivity contribution in [3.63, 3.8) is 0 Å². The van der Waals surface area contributed by atoms with Crippen LogP contribution in [-0.2, 0) is 4.74 Å². The van der Waals surface area contributed by atoms with Crippen molar-refractivity contribution in [2.24, 2.45) is 5.92 Å². The van der Waals surface area contributed by atoms with Gasteiger partial charge in [-0.25, -0.2) is 0 Å². The van der Waals surface area contributed by atoms with E-state index < -0.39 is 0 Å². The molecule has 19 heavy (non-hydrogen) atoms. The Labute approximate surface area is 110 Å². The van der Waals surface area contributed by atoms with Gasteiger partial charge in [-0.05, 0) is 17.7 Å². The molecule has 3 rings (SSSR count). The van der Waals surface area contributed by atoms with Crippen LogP contribution in [0.3, 0.4) is 0 Å². The Hall–Kier alpha value is -2.21. The number of carbonyl (C=O) groups excluding carboxylic acids is 1. The molecule has 6 nitrogen and oxygen atoms in total. The third kappa shape index (κ3) is 2.48. The lowest BCUT2D eigenvalue weighted by Crippen LogP contribution is -2.39. The summed E-state index contributed by atoms with van der Waals surface area (Å²) < 4.78 is 5.07. The summed E-state index contributed by atoms with van der Waals surface area (Å²) in [6.07, 6.45) is 5.03. The second-order valence-corrected chi connectivity index (χ2v) is 4.51. The quantitative estimate of drug-likeness (QED) is 0.852. The van der Waals surface area contributed by atoms with Crippen LogP contribution in [0.2, 0.25) is 0 Å². The first-order valence-electron chi connectivity index (χ1n) is 6.14. The molecule has 0 atom stereocenters. The van der Waals surface area contributed by atoms with Crippen molar-refractivity contribution < 1.29 is 9.53 Å². The van der Waals surface area contributed by atoms with Gasteiger partial charge in [0.2, 0.25) is 0 Å². The molecule has 2 N–H and O–H groups in total. The Morgan fingerprint density at radius 2 is 2.21 bits per heavy atom. The lowest BCUT2D eigenvalue weighted by atomic mass is 10.1. The molecule has 0 aliphatic carbocycles. The van der Waals surface area contributed by atoms with Crippen LogP contribution in [0, 0.1) is 5.92 Å². The number of ether oxygens (including phenoxy) is 1. The van der Waals surface area contributed by atoms with Crippen molar-refractivity contribution in [1.82, 2.24) is 20.5 Å². The zero-order valence-electron chi connectivity index (χ0n) is 10.3. The molecule has 2 aromatic heterocycles. The van der Waals surface area contributed by atoms with Crippen molar-refractivity contribution in [2.75, 3.05) is 19.8 Å². The maximum Gasteiger partial charge on any atom is 0.269 e. The number of nitrogens with one attached hydrogen (secondary N) is 2. The maximum atomic E-state index is 12.1.